The molecular weight excluding hydrogens is 192 g/mol. The van der Waals surface area contributed by atoms with Gasteiger partial charge in [-0.2, -0.15) is 0 Å². The van der Waals surface area contributed by atoms with Gasteiger partial charge in [0.1, 0.15) is 0 Å². The molecule has 0 bridgehead atoms. The molecule has 0 unspecified atom stereocenters. The summed E-state index contributed by atoms with van der Waals surface area (Å²) in [5, 5.41) is 16.1. The smallest absolute Gasteiger partial charge is 0.327 e. The Morgan fingerprint density at radius 3 is 2.27 bits per heavy atom. The largest absolute Gasteiger partial charge is 0.478 e. The molecule has 0 saturated carbocycles. The summed E-state index contributed by atoms with van der Waals surface area (Å²) in [4.78, 5) is 9.25. The van der Waals surface area contributed by atoms with Crippen molar-refractivity contribution >= 4 is 5.97 Å². The molecule has 0 aliphatic carbocycles. The topological polar surface area (TPSA) is 57.5 Å². The highest BCUT2D eigenvalue weighted by molar-refractivity contribution is 5.78. The van der Waals surface area contributed by atoms with Gasteiger partial charge in [0.2, 0.25) is 0 Å². The Labute approximate surface area is 89.7 Å². The summed E-state index contributed by atoms with van der Waals surface area (Å²) in [7, 11) is 0. The second-order valence-corrected chi connectivity index (χ2v) is 2.86. The standard InChI is InChI=1S/C9H12O.C3H4O2/c10-8-4-7-9-5-2-1-3-6-9;1-2-3(4)5/h1-3,5-6,10H,4,7-8H2;2H,1H2,(H,4,5). The van der Waals surface area contributed by atoms with E-state index in [4.69, 9.17) is 10.2 Å². The SMILES string of the molecule is C=CC(=O)O.OCCCc1ccccc1. The number of hydrogen-bond acceptors (Lipinski definition) is 2. The molecule has 0 saturated heterocycles. The zero-order valence-corrected chi connectivity index (χ0v) is 8.60. The van der Waals surface area contributed by atoms with Crippen molar-refractivity contribution in [1.29, 1.82) is 0 Å². The van der Waals surface area contributed by atoms with Crippen LogP contribution in [0.3, 0.4) is 0 Å². The van der Waals surface area contributed by atoms with Gasteiger partial charge in [-0.1, -0.05) is 36.9 Å². The van der Waals surface area contributed by atoms with Gasteiger partial charge in [-0.15, -0.1) is 0 Å². The number of aliphatic hydroxyl groups is 1. The zero-order valence-electron chi connectivity index (χ0n) is 8.60. The molecule has 0 radical (unpaired) electrons. The lowest BCUT2D eigenvalue weighted by Gasteiger charge is -1.96. The van der Waals surface area contributed by atoms with Crippen molar-refractivity contribution in [3.63, 3.8) is 0 Å². The van der Waals surface area contributed by atoms with Crippen molar-refractivity contribution in [1.82, 2.24) is 0 Å². The molecule has 15 heavy (non-hydrogen) atoms. The minimum absolute atomic E-state index is 0.287. The quantitative estimate of drug-likeness (QED) is 0.743. The van der Waals surface area contributed by atoms with E-state index in [0.717, 1.165) is 18.9 Å². The average molecular weight is 208 g/mol. The molecule has 0 heterocycles. The number of carboxylic acids is 1. The molecule has 0 aromatic heterocycles. The molecule has 0 aliphatic rings. The maximum atomic E-state index is 9.25. The molecular formula is C12H16O3. The summed E-state index contributed by atoms with van der Waals surface area (Å²) in [6, 6.07) is 10.2. The highest BCUT2D eigenvalue weighted by atomic mass is 16.4. The van der Waals surface area contributed by atoms with Gasteiger partial charge in [-0.05, 0) is 18.4 Å². The summed E-state index contributed by atoms with van der Waals surface area (Å²) in [6.07, 6.45) is 2.68. The first-order chi connectivity index (χ1) is 7.20. The van der Waals surface area contributed by atoms with Crippen LogP contribution < -0.4 is 0 Å². The normalized spacial score (nSPS) is 8.60. The third-order valence-corrected chi connectivity index (χ3v) is 1.64. The Kier molecular flexibility index (Phi) is 8.00. The first-order valence-electron chi connectivity index (χ1n) is 4.71. The van der Waals surface area contributed by atoms with Crippen LogP contribution in [-0.2, 0) is 11.2 Å². The van der Waals surface area contributed by atoms with Crippen LogP contribution in [0.5, 0.6) is 0 Å². The number of hydrogen-bond donors (Lipinski definition) is 2. The summed E-state index contributed by atoms with van der Waals surface area (Å²) in [5.74, 6) is -0.981. The first-order valence-corrected chi connectivity index (χ1v) is 4.71. The second kappa shape index (κ2) is 8.97. The number of aryl methyl sites for hydroxylation is 1. The van der Waals surface area contributed by atoms with E-state index >= 15 is 0 Å². The molecule has 1 aromatic carbocycles. The molecule has 0 amide bonds. The van der Waals surface area contributed by atoms with Gasteiger partial charge in [-0.25, -0.2) is 4.79 Å². The summed E-state index contributed by atoms with van der Waals surface area (Å²) in [5.41, 5.74) is 1.30. The molecule has 0 atom stereocenters. The van der Waals surface area contributed by atoms with E-state index in [1.54, 1.807) is 0 Å². The number of benzene rings is 1. The number of aliphatic carboxylic acids is 1. The van der Waals surface area contributed by atoms with Crippen LogP contribution in [0.1, 0.15) is 12.0 Å². The van der Waals surface area contributed by atoms with Crippen LogP contribution in [0, 0.1) is 0 Å². The highest BCUT2D eigenvalue weighted by Gasteiger charge is 1.88. The fraction of sp³-hybridized carbons (Fsp3) is 0.250. The molecule has 1 aromatic rings. The van der Waals surface area contributed by atoms with E-state index in [2.05, 4.69) is 18.7 Å². The number of carboxylic acid groups (broad SMARTS) is 1. The summed E-state index contributed by atoms with van der Waals surface area (Å²) in [6.45, 7) is 3.25. The predicted molar refractivity (Wildman–Crippen MR) is 59.7 cm³/mol. The first kappa shape index (κ1) is 13.4. The summed E-state index contributed by atoms with van der Waals surface area (Å²) < 4.78 is 0. The Hall–Kier alpha value is -1.61. The minimum Gasteiger partial charge on any atom is -0.478 e. The van der Waals surface area contributed by atoms with Crippen LogP contribution in [-0.4, -0.2) is 22.8 Å². The van der Waals surface area contributed by atoms with Crippen molar-refractivity contribution < 1.29 is 15.0 Å². The Morgan fingerprint density at radius 2 is 1.87 bits per heavy atom. The average Bonchev–Trinajstić information content (AvgIpc) is 2.28. The van der Waals surface area contributed by atoms with Crippen molar-refractivity contribution in [3.8, 4) is 0 Å². The maximum Gasteiger partial charge on any atom is 0.327 e. The third kappa shape index (κ3) is 8.71. The van der Waals surface area contributed by atoms with E-state index in [1.165, 1.54) is 5.56 Å². The molecule has 82 valence electrons. The highest BCUT2D eigenvalue weighted by Crippen LogP contribution is 2.00. The molecule has 0 fully saturated rings. The van der Waals surface area contributed by atoms with Gasteiger partial charge in [0, 0.05) is 12.7 Å². The van der Waals surface area contributed by atoms with Crippen LogP contribution >= 0.6 is 0 Å². The van der Waals surface area contributed by atoms with E-state index < -0.39 is 5.97 Å². The van der Waals surface area contributed by atoms with Crippen molar-refractivity contribution in [2.24, 2.45) is 0 Å². The molecule has 2 N–H and O–H groups in total. The Morgan fingerprint density at radius 1 is 1.33 bits per heavy atom. The van der Waals surface area contributed by atoms with Crippen LogP contribution in [0.2, 0.25) is 0 Å². The molecule has 0 aliphatic heterocycles. The predicted octanol–water partition coefficient (Wildman–Crippen LogP) is 1.87. The van der Waals surface area contributed by atoms with E-state index in [-0.39, 0.29) is 6.61 Å². The fourth-order valence-electron chi connectivity index (χ4n) is 0.928. The van der Waals surface area contributed by atoms with Crippen LogP contribution in [0.15, 0.2) is 43.0 Å². The monoisotopic (exact) mass is 208 g/mol. The third-order valence-electron chi connectivity index (χ3n) is 1.64. The lowest BCUT2D eigenvalue weighted by atomic mass is 10.1. The number of rotatable bonds is 4. The Bertz CT molecular complexity index is 280. The van der Waals surface area contributed by atoms with Gasteiger partial charge in [0.15, 0.2) is 0 Å². The maximum absolute atomic E-state index is 9.25. The second-order valence-electron chi connectivity index (χ2n) is 2.86. The number of aliphatic hydroxyl groups excluding tert-OH is 1. The lowest BCUT2D eigenvalue weighted by Crippen LogP contribution is -1.87. The van der Waals surface area contributed by atoms with Crippen molar-refractivity contribution in [2.75, 3.05) is 6.61 Å². The van der Waals surface area contributed by atoms with Crippen molar-refractivity contribution in [2.45, 2.75) is 12.8 Å². The molecule has 1 rings (SSSR count). The van der Waals surface area contributed by atoms with Crippen molar-refractivity contribution in [3.05, 3.63) is 48.6 Å². The fourth-order valence-corrected chi connectivity index (χ4v) is 0.928. The summed E-state index contributed by atoms with van der Waals surface area (Å²) >= 11 is 0. The molecule has 3 heteroatoms. The van der Waals surface area contributed by atoms with Crippen LogP contribution in [0.25, 0.3) is 0 Å². The zero-order chi connectivity index (χ0) is 11.5. The van der Waals surface area contributed by atoms with E-state index in [0.29, 0.717) is 0 Å². The number of carbonyl (C=O) groups is 1. The van der Waals surface area contributed by atoms with Gasteiger partial charge in [0.25, 0.3) is 0 Å². The lowest BCUT2D eigenvalue weighted by molar-refractivity contribution is -0.131. The van der Waals surface area contributed by atoms with Gasteiger partial charge in [0.05, 0.1) is 0 Å². The van der Waals surface area contributed by atoms with Crippen LogP contribution in [0.4, 0.5) is 0 Å². The molecule has 0 spiro atoms. The van der Waals surface area contributed by atoms with E-state index in [9.17, 15) is 4.79 Å². The Balaban J connectivity index is 0.000000336. The van der Waals surface area contributed by atoms with Gasteiger partial charge in [-0.3, -0.25) is 0 Å². The van der Waals surface area contributed by atoms with Gasteiger partial charge < -0.3 is 10.2 Å². The molecule has 3 nitrogen and oxygen atoms in total. The minimum atomic E-state index is -0.981. The van der Waals surface area contributed by atoms with E-state index in [1.807, 2.05) is 18.2 Å². The van der Waals surface area contributed by atoms with Gasteiger partial charge >= 0.3 is 5.97 Å².